The summed E-state index contributed by atoms with van der Waals surface area (Å²) in [6, 6.07) is 11.2. The Labute approximate surface area is 138 Å². The third-order valence-corrected chi connectivity index (χ3v) is 3.65. The minimum Gasteiger partial charge on any atom is -0.490 e. The van der Waals surface area contributed by atoms with Gasteiger partial charge in [0.1, 0.15) is 5.82 Å². The number of carbonyl (C=O) groups excluding carboxylic acids is 1. The van der Waals surface area contributed by atoms with E-state index in [1.165, 1.54) is 13.2 Å². The van der Waals surface area contributed by atoms with Crippen LogP contribution in [0.1, 0.15) is 15.9 Å². The van der Waals surface area contributed by atoms with Gasteiger partial charge in [-0.3, -0.25) is 4.79 Å². The molecule has 22 heavy (non-hydrogen) atoms. The first-order valence-electron chi connectivity index (χ1n) is 6.42. The fourth-order valence-electron chi connectivity index (χ4n) is 1.84. The van der Waals surface area contributed by atoms with Crippen LogP contribution in [0.15, 0.2) is 42.5 Å². The van der Waals surface area contributed by atoms with Crippen LogP contribution in [0.25, 0.3) is 0 Å². The second-order valence-electron chi connectivity index (χ2n) is 4.50. The summed E-state index contributed by atoms with van der Waals surface area (Å²) in [5, 5.41) is 3.09. The van der Waals surface area contributed by atoms with E-state index in [4.69, 9.17) is 28.6 Å². The summed E-state index contributed by atoms with van der Waals surface area (Å²) >= 11 is 11.0. The molecule has 0 unspecified atom stereocenters. The van der Waals surface area contributed by atoms with E-state index < -0.39 is 11.7 Å². The van der Waals surface area contributed by atoms with E-state index in [9.17, 15) is 9.18 Å². The number of ether oxygens (including phenoxy) is 1. The Hall–Kier alpha value is -1.98. The van der Waals surface area contributed by atoms with Gasteiger partial charge in [-0.2, -0.15) is 0 Å². The quantitative estimate of drug-likeness (QED) is 0.848. The van der Waals surface area contributed by atoms with Crippen LogP contribution >= 0.6 is 23.8 Å². The van der Waals surface area contributed by atoms with E-state index in [0.717, 1.165) is 6.07 Å². The predicted molar refractivity (Wildman–Crippen MR) is 89.1 cm³/mol. The van der Waals surface area contributed by atoms with Crippen LogP contribution in [-0.4, -0.2) is 18.1 Å². The van der Waals surface area contributed by atoms with Gasteiger partial charge in [-0.15, -0.1) is 0 Å². The Morgan fingerprint density at radius 2 is 2.00 bits per heavy atom. The lowest BCUT2D eigenvalue weighted by atomic mass is 10.1. The van der Waals surface area contributed by atoms with Crippen molar-refractivity contribution in [2.45, 2.75) is 6.42 Å². The molecule has 1 N–H and O–H groups in total. The molecule has 2 aromatic carbocycles. The first-order valence-corrected chi connectivity index (χ1v) is 7.21. The van der Waals surface area contributed by atoms with Crippen molar-refractivity contribution in [3.05, 3.63) is 64.4 Å². The number of amides is 1. The summed E-state index contributed by atoms with van der Waals surface area (Å²) in [6.45, 7) is 0. The van der Waals surface area contributed by atoms with E-state index in [1.54, 1.807) is 30.3 Å². The number of nitrogens with one attached hydrogen (secondary N) is 1. The minimum absolute atomic E-state index is 0.0483. The fourth-order valence-corrected chi connectivity index (χ4v) is 2.21. The summed E-state index contributed by atoms with van der Waals surface area (Å²) in [5.74, 6) is -1.01. The molecular weight excluding hydrogens is 325 g/mol. The van der Waals surface area contributed by atoms with Gasteiger partial charge in [-0.05, 0) is 42.0 Å². The van der Waals surface area contributed by atoms with Gasteiger partial charge in [-0.25, -0.2) is 4.39 Å². The van der Waals surface area contributed by atoms with E-state index >= 15 is 0 Å². The summed E-state index contributed by atoms with van der Waals surface area (Å²) in [6.07, 6.45) is 0.263. The zero-order chi connectivity index (χ0) is 16.1. The van der Waals surface area contributed by atoms with Crippen molar-refractivity contribution in [2.75, 3.05) is 12.4 Å². The highest BCUT2D eigenvalue weighted by atomic mass is 35.5. The van der Waals surface area contributed by atoms with E-state index in [-0.39, 0.29) is 17.1 Å². The number of anilines is 1. The van der Waals surface area contributed by atoms with Crippen LogP contribution in [0.3, 0.4) is 0 Å². The average Bonchev–Trinajstić information content (AvgIpc) is 2.52. The van der Waals surface area contributed by atoms with Gasteiger partial charge in [0, 0.05) is 17.0 Å². The lowest BCUT2D eigenvalue weighted by Crippen LogP contribution is -2.13. The Balaban J connectivity index is 2.25. The highest BCUT2D eigenvalue weighted by Crippen LogP contribution is 2.25. The highest BCUT2D eigenvalue weighted by Gasteiger charge is 2.13. The standard InChI is InChI=1S/C16H13ClFNO2S/c1-21-15(22)8-11-7-14(13(18)9-12(11)17)19-16(20)10-5-3-2-4-6-10/h2-7,9H,8H2,1H3,(H,19,20). The zero-order valence-corrected chi connectivity index (χ0v) is 13.3. The second kappa shape index (κ2) is 7.33. The molecular formula is C16H13ClFNO2S. The van der Waals surface area contributed by atoms with E-state index in [2.05, 4.69) is 5.32 Å². The summed E-state index contributed by atoms with van der Waals surface area (Å²) in [7, 11) is 1.46. The van der Waals surface area contributed by atoms with Crippen molar-refractivity contribution >= 4 is 40.5 Å². The molecule has 2 rings (SSSR count). The zero-order valence-electron chi connectivity index (χ0n) is 11.7. The van der Waals surface area contributed by atoms with E-state index in [1.807, 2.05) is 0 Å². The molecule has 0 aromatic heterocycles. The van der Waals surface area contributed by atoms with Crippen LogP contribution in [-0.2, 0) is 11.2 Å². The van der Waals surface area contributed by atoms with Gasteiger partial charge < -0.3 is 10.1 Å². The Morgan fingerprint density at radius 3 is 2.64 bits per heavy atom. The molecule has 0 fully saturated rings. The van der Waals surface area contributed by atoms with Gasteiger partial charge >= 0.3 is 0 Å². The van der Waals surface area contributed by atoms with Crippen molar-refractivity contribution < 1.29 is 13.9 Å². The molecule has 0 radical (unpaired) electrons. The molecule has 2 aromatic rings. The summed E-state index contributed by atoms with van der Waals surface area (Å²) < 4.78 is 18.9. The summed E-state index contributed by atoms with van der Waals surface area (Å²) in [4.78, 5) is 12.1. The number of carbonyl (C=O) groups is 1. The van der Waals surface area contributed by atoms with Gasteiger partial charge in [-0.1, -0.05) is 29.8 Å². The molecule has 1 amide bonds. The van der Waals surface area contributed by atoms with Gasteiger partial charge in [0.15, 0.2) is 5.05 Å². The highest BCUT2D eigenvalue weighted by molar-refractivity contribution is 7.80. The molecule has 0 saturated heterocycles. The van der Waals surface area contributed by atoms with Crippen molar-refractivity contribution in [2.24, 2.45) is 0 Å². The van der Waals surface area contributed by atoms with Gasteiger partial charge in [0.05, 0.1) is 12.8 Å². The Kier molecular flexibility index (Phi) is 5.46. The van der Waals surface area contributed by atoms with Crippen LogP contribution in [0.2, 0.25) is 5.02 Å². The molecule has 6 heteroatoms. The number of rotatable bonds is 4. The fraction of sp³-hybridized carbons (Fsp3) is 0.125. The number of hydrogen-bond acceptors (Lipinski definition) is 3. The topological polar surface area (TPSA) is 38.3 Å². The van der Waals surface area contributed by atoms with Crippen LogP contribution < -0.4 is 5.32 Å². The molecule has 3 nitrogen and oxygen atoms in total. The number of methoxy groups -OCH3 is 1. The minimum atomic E-state index is -0.610. The Bertz CT molecular complexity index is 707. The smallest absolute Gasteiger partial charge is 0.255 e. The lowest BCUT2D eigenvalue weighted by molar-refractivity contribution is 0.102. The predicted octanol–water partition coefficient (Wildman–Crippen LogP) is 4.25. The normalized spacial score (nSPS) is 10.1. The molecule has 0 aliphatic carbocycles. The number of benzene rings is 2. The number of hydrogen-bond donors (Lipinski definition) is 1. The number of halogens is 2. The first kappa shape index (κ1) is 16.4. The van der Waals surface area contributed by atoms with Crippen LogP contribution in [0.5, 0.6) is 0 Å². The third-order valence-electron chi connectivity index (χ3n) is 2.98. The summed E-state index contributed by atoms with van der Waals surface area (Å²) in [5.41, 5.74) is 1.07. The van der Waals surface area contributed by atoms with Crippen LogP contribution in [0, 0.1) is 5.82 Å². The molecule has 0 spiro atoms. The van der Waals surface area contributed by atoms with Crippen molar-refractivity contribution in [3.8, 4) is 0 Å². The SMILES string of the molecule is COC(=S)Cc1cc(NC(=O)c2ccccc2)c(F)cc1Cl. The molecule has 0 saturated carbocycles. The molecule has 0 bridgehead atoms. The van der Waals surface area contributed by atoms with Gasteiger partial charge in [0.25, 0.3) is 5.91 Å². The number of thiocarbonyl (C=S) groups is 1. The largest absolute Gasteiger partial charge is 0.490 e. The van der Waals surface area contributed by atoms with Crippen molar-refractivity contribution in [1.82, 2.24) is 0 Å². The molecule has 114 valence electrons. The van der Waals surface area contributed by atoms with Gasteiger partial charge in [0.2, 0.25) is 0 Å². The van der Waals surface area contributed by atoms with Crippen molar-refractivity contribution in [3.63, 3.8) is 0 Å². The maximum absolute atomic E-state index is 14.0. The van der Waals surface area contributed by atoms with Crippen LogP contribution in [0.4, 0.5) is 10.1 Å². The molecule has 0 aliphatic rings. The monoisotopic (exact) mass is 337 g/mol. The van der Waals surface area contributed by atoms with Crippen molar-refractivity contribution in [1.29, 1.82) is 0 Å². The average molecular weight is 338 g/mol. The maximum atomic E-state index is 14.0. The second-order valence-corrected chi connectivity index (χ2v) is 5.36. The van der Waals surface area contributed by atoms with E-state index in [0.29, 0.717) is 16.2 Å². The maximum Gasteiger partial charge on any atom is 0.255 e. The Morgan fingerprint density at radius 1 is 1.32 bits per heavy atom. The molecule has 0 heterocycles. The first-order chi connectivity index (χ1) is 10.5. The molecule has 0 atom stereocenters. The molecule has 0 aliphatic heterocycles. The third kappa shape index (κ3) is 4.02. The lowest BCUT2D eigenvalue weighted by Gasteiger charge is -2.11.